The molecule has 2 fully saturated rings. The molecule has 0 saturated carbocycles. The number of nitrogens with one attached hydrogen (secondary N) is 1. The van der Waals surface area contributed by atoms with Crippen molar-refractivity contribution in [3.8, 4) is 5.75 Å². The minimum Gasteiger partial charge on any atom is -0.494 e. The Bertz CT molecular complexity index is 1290. The number of benzene rings is 2. The van der Waals surface area contributed by atoms with Crippen molar-refractivity contribution in [2.75, 3.05) is 32.8 Å². The van der Waals surface area contributed by atoms with Crippen LogP contribution in [0.3, 0.4) is 0 Å². The average Bonchev–Trinajstić information content (AvgIpc) is 3.30. The van der Waals surface area contributed by atoms with Crippen molar-refractivity contribution in [3.05, 3.63) is 70.1 Å². The van der Waals surface area contributed by atoms with Gasteiger partial charge in [-0.25, -0.2) is 5.10 Å². The summed E-state index contributed by atoms with van der Waals surface area (Å²) < 4.78 is 5.47. The number of aromatic amines is 1. The number of fused-ring (bicyclic) bond motifs is 1. The van der Waals surface area contributed by atoms with Gasteiger partial charge in [0.05, 0.1) is 24.1 Å². The number of nitrogens with zero attached hydrogens (tertiary/aromatic N) is 3. The third-order valence-electron chi connectivity index (χ3n) is 7.41. The first-order chi connectivity index (χ1) is 17.0. The average molecular weight is 475 g/mol. The van der Waals surface area contributed by atoms with Crippen molar-refractivity contribution < 1.29 is 14.3 Å². The molecule has 2 amide bonds. The third-order valence-corrected chi connectivity index (χ3v) is 7.41. The highest BCUT2D eigenvalue weighted by Gasteiger charge is 2.42. The summed E-state index contributed by atoms with van der Waals surface area (Å²) in [5.41, 5.74) is 1.09. The van der Waals surface area contributed by atoms with Gasteiger partial charge in [0.2, 0.25) is 5.91 Å². The number of likely N-dealkylation sites (tertiary alicyclic amines) is 2. The molecule has 1 spiro atoms. The summed E-state index contributed by atoms with van der Waals surface area (Å²) >= 11 is 0. The molecule has 8 heteroatoms. The summed E-state index contributed by atoms with van der Waals surface area (Å²) in [5, 5.41) is 7.94. The van der Waals surface area contributed by atoms with Crippen LogP contribution in [0.2, 0.25) is 0 Å². The molecule has 1 aromatic heterocycles. The zero-order valence-electron chi connectivity index (χ0n) is 20.0. The lowest BCUT2D eigenvalue weighted by Crippen LogP contribution is -2.44. The Morgan fingerprint density at radius 1 is 0.971 bits per heavy atom. The molecule has 182 valence electrons. The smallest absolute Gasteiger partial charge is 0.272 e. The molecular weight excluding hydrogens is 444 g/mol. The number of piperidine rings is 1. The minimum absolute atomic E-state index is 0.0273. The third kappa shape index (κ3) is 4.65. The van der Waals surface area contributed by atoms with E-state index in [1.807, 2.05) is 53.1 Å². The van der Waals surface area contributed by atoms with Gasteiger partial charge < -0.3 is 14.5 Å². The molecule has 5 rings (SSSR count). The highest BCUT2D eigenvalue weighted by molar-refractivity contribution is 5.94. The van der Waals surface area contributed by atoms with Gasteiger partial charge in [-0.1, -0.05) is 18.2 Å². The summed E-state index contributed by atoms with van der Waals surface area (Å²) in [4.78, 5) is 42.0. The molecule has 0 unspecified atom stereocenters. The molecule has 2 aliphatic heterocycles. The van der Waals surface area contributed by atoms with E-state index < -0.39 is 0 Å². The first kappa shape index (κ1) is 23.1. The number of hydrogen-bond donors (Lipinski definition) is 1. The Balaban J connectivity index is 1.19. The maximum Gasteiger partial charge on any atom is 0.272 e. The molecule has 2 aromatic carbocycles. The Hall–Kier alpha value is -3.68. The summed E-state index contributed by atoms with van der Waals surface area (Å²) in [6.07, 6.45) is 2.89. The second-order valence-corrected chi connectivity index (χ2v) is 9.54. The molecule has 3 heterocycles. The highest BCUT2D eigenvalue weighted by Crippen LogP contribution is 2.40. The lowest BCUT2D eigenvalue weighted by Gasteiger charge is -2.39. The maximum absolute atomic E-state index is 13.1. The number of amides is 2. The molecule has 0 atom stereocenters. The van der Waals surface area contributed by atoms with Crippen LogP contribution in [-0.2, 0) is 11.2 Å². The van der Waals surface area contributed by atoms with Crippen molar-refractivity contribution >= 4 is 22.6 Å². The van der Waals surface area contributed by atoms with Crippen molar-refractivity contribution in [1.82, 2.24) is 20.0 Å². The van der Waals surface area contributed by atoms with Gasteiger partial charge in [0.25, 0.3) is 11.5 Å². The number of H-pyrrole nitrogens is 1. The van der Waals surface area contributed by atoms with Crippen LogP contribution in [0.15, 0.2) is 53.3 Å². The summed E-state index contributed by atoms with van der Waals surface area (Å²) in [5.74, 6) is 0.840. The van der Waals surface area contributed by atoms with Crippen LogP contribution >= 0.6 is 0 Å². The predicted octanol–water partition coefficient (Wildman–Crippen LogP) is 3.02. The first-order valence-electron chi connectivity index (χ1n) is 12.2. The van der Waals surface area contributed by atoms with Crippen LogP contribution in [0.4, 0.5) is 0 Å². The van der Waals surface area contributed by atoms with Crippen molar-refractivity contribution in [3.63, 3.8) is 0 Å². The minimum atomic E-state index is -0.247. The zero-order chi connectivity index (χ0) is 24.4. The molecule has 2 aliphatic rings. The van der Waals surface area contributed by atoms with E-state index in [1.165, 1.54) is 0 Å². The van der Waals surface area contributed by atoms with Crippen LogP contribution < -0.4 is 10.3 Å². The number of aromatic nitrogens is 2. The lowest BCUT2D eigenvalue weighted by atomic mass is 9.77. The molecule has 1 N–H and O–H groups in total. The number of carbonyl (C=O) groups excluding carboxylic acids is 2. The number of carbonyl (C=O) groups is 2. The van der Waals surface area contributed by atoms with E-state index in [2.05, 4.69) is 10.2 Å². The second kappa shape index (κ2) is 9.52. The van der Waals surface area contributed by atoms with E-state index in [-0.39, 0.29) is 29.2 Å². The van der Waals surface area contributed by atoms with Gasteiger partial charge in [0.15, 0.2) is 0 Å². The fourth-order valence-electron chi connectivity index (χ4n) is 5.34. The van der Waals surface area contributed by atoms with E-state index >= 15 is 0 Å². The molecule has 3 aromatic rings. The SMILES string of the molecule is CCOc1ccc(C(=O)N2CCC3(CCN(C(=O)Cc4n[nH]c(=O)c5ccccc45)C3)CC2)cc1. The summed E-state index contributed by atoms with van der Waals surface area (Å²) in [6, 6.07) is 14.6. The van der Waals surface area contributed by atoms with E-state index in [1.54, 1.807) is 12.1 Å². The normalized spacial score (nSPS) is 17.2. The van der Waals surface area contributed by atoms with Crippen LogP contribution in [0.25, 0.3) is 10.8 Å². The fraction of sp³-hybridized carbons (Fsp3) is 0.407. The molecule has 35 heavy (non-hydrogen) atoms. The molecule has 0 radical (unpaired) electrons. The standard InChI is InChI=1S/C27H30N4O4/c1-2-35-20-9-7-19(8-10-20)26(34)30-14-11-27(12-15-30)13-16-31(18-27)24(32)17-23-21-5-3-4-6-22(21)25(33)29-28-23/h3-10H,2,11-18H2,1H3,(H,29,33). The van der Waals surface area contributed by atoms with Crippen molar-refractivity contribution in [2.45, 2.75) is 32.6 Å². The Morgan fingerprint density at radius 3 is 2.31 bits per heavy atom. The monoisotopic (exact) mass is 474 g/mol. The summed E-state index contributed by atoms with van der Waals surface area (Å²) in [7, 11) is 0. The van der Waals surface area contributed by atoms with Crippen LogP contribution in [-0.4, -0.2) is 64.6 Å². The van der Waals surface area contributed by atoms with E-state index in [9.17, 15) is 14.4 Å². The Kier molecular flexibility index (Phi) is 6.28. The van der Waals surface area contributed by atoms with Crippen molar-refractivity contribution in [1.29, 1.82) is 0 Å². The second-order valence-electron chi connectivity index (χ2n) is 9.54. The van der Waals surface area contributed by atoms with Crippen molar-refractivity contribution in [2.24, 2.45) is 5.41 Å². The number of rotatable bonds is 5. The number of hydrogen-bond acceptors (Lipinski definition) is 5. The van der Waals surface area contributed by atoms with E-state index in [0.717, 1.165) is 30.4 Å². The zero-order valence-corrected chi connectivity index (χ0v) is 20.0. The molecule has 0 aliphatic carbocycles. The first-order valence-corrected chi connectivity index (χ1v) is 12.2. The quantitative estimate of drug-likeness (QED) is 0.613. The predicted molar refractivity (Wildman–Crippen MR) is 132 cm³/mol. The lowest BCUT2D eigenvalue weighted by molar-refractivity contribution is -0.130. The van der Waals surface area contributed by atoms with Gasteiger partial charge >= 0.3 is 0 Å². The largest absolute Gasteiger partial charge is 0.494 e. The highest BCUT2D eigenvalue weighted by atomic mass is 16.5. The molecular formula is C27H30N4O4. The topological polar surface area (TPSA) is 95.6 Å². The van der Waals surface area contributed by atoms with Gasteiger partial charge in [0, 0.05) is 37.1 Å². The Morgan fingerprint density at radius 2 is 1.63 bits per heavy atom. The maximum atomic E-state index is 13.1. The van der Waals surface area contributed by atoms with Crippen LogP contribution in [0, 0.1) is 5.41 Å². The van der Waals surface area contributed by atoms with Gasteiger partial charge in [0.1, 0.15) is 5.75 Å². The van der Waals surface area contributed by atoms with E-state index in [0.29, 0.717) is 49.4 Å². The molecule has 2 saturated heterocycles. The van der Waals surface area contributed by atoms with Gasteiger partial charge in [-0.05, 0) is 61.9 Å². The van der Waals surface area contributed by atoms with E-state index in [4.69, 9.17) is 4.74 Å². The number of ether oxygens (including phenoxy) is 1. The van der Waals surface area contributed by atoms with Gasteiger partial charge in [-0.15, -0.1) is 0 Å². The van der Waals surface area contributed by atoms with Gasteiger partial charge in [-0.2, -0.15) is 5.10 Å². The van der Waals surface area contributed by atoms with Gasteiger partial charge in [-0.3, -0.25) is 14.4 Å². The molecule has 0 bridgehead atoms. The fourth-order valence-corrected chi connectivity index (χ4v) is 5.34. The molecule has 8 nitrogen and oxygen atoms in total. The summed E-state index contributed by atoms with van der Waals surface area (Å²) in [6.45, 7) is 5.34. The van der Waals surface area contributed by atoms with Crippen LogP contribution in [0.5, 0.6) is 5.75 Å². The Labute approximate surface area is 203 Å². The van der Waals surface area contributed by atoms with Crippen LogP contribution in [0.1, 0.15) is 42.2 Å².